The number of alkyl halides is 3. The van der Waals surface area contributed by atoms with Crippen molar-refractivity contribution in [2.24, 2.45) is 0 Å². The third-order valence-electron chi connectivity index (χ3n) is 4.53. The molecule has 0 bridgehead atoms. The largest absolute Gasteiger partial charge is 0.416 e. The maximum absolute atomic E-state index is 13.2. The summed E-state index contributed by atoms with van der Waals surface area (Å²) in [6.07, 6.45) is 0.514. The maximum atomic E-state index is 13.2. The molecule has 2 heterocycles. The number of benzene rings is 1. The summed E-state index contributed by atoms with van der Waals surface area (Å²) >= 11 is 0. The van der Waals surface area contributed by atoms with E-state index in [4.69, 9.17) is 0 Å². The van der Waals surface area contributed by atoms with Crippen molar-refractivity contribution in [3.8, 4) is 5.95 Å². The molecule has 2 aromatic heterocycles. The number of carbonyl (C=O) groups excluding carboxylic acids is 1. The summed E-state index contributed by atoms with van der Waals surface area (Å²) in [4.78, 5) is 27.2. The second kappa shape index (κ2) is 8.60. The molecule has 0 saturated carbocycles. The van der Waals surface area contributed by atoms with Gasteiger partial charge in [0.1, 0.15) is 6.33 Å². The lowest BCUT2D eigenvalue weighted by molar-refractivity contribution is -0.137. The minimum Gasteiger partial charge on any atom is -0.329 e. The summed E-state index contributed by atoms with van der Waals surface area (Å²) in [6.45, 7) is 5.49. The Bertz CT molecular complexity index is 1020. The van der Waals surface area contributed by atoms with E-state index in [1.165, 1.54) is 28.9 Å². The van der Waals surface area contributed by atoms with E-state index in [0.717, 1.165) is 12.1 Å². The molecule has 1 amide bonds. The number of aromatic nitrogens is 5. The van der Waals surface area contributed by atoms with E-state index in [1.54, 1.807) is 25.4 Å². The van der Waals surface area contributed by atoms with Gasteiger partial charge in [-0.2, -0.15) is 23.0 Å². The first-order chi connectivity index (χ1) is 14.2. The lowest BCUT2D eigenvalue weighted by atomic mass is 10.0. The van der Waals surface area contributed by atoms with Crippen molar-refractivity contribution in [1.29, 1.82) is 0 Å². The number of nitrogens with zero attached hydrogens (tertiary/aromatic N) is 6. The van der Waals surface area contributed by atoms with Gasteiger partial charge in [-0.1, -0.05) is 6.92 Å². The second-order valence-corrected chi connectivity index (χ2v) is 6.84. The van der Waals surface area contributed by atoms with Crippen LogP contribution in [0.5, 0.6) is 0 Å². The monoisotopic (exact) mass is 418 g/mol. The first kappa shape index (κ1) is 21.4. The first-order valence-electron chi connectivity index (χ1n) is 9.39. The molecule has 7 nitrogen and oxygen atoms in total. The summed E-state index contributed by atoms with van der Waals surface area (Å²) in [5.41, 5.74) is -0.515. The van der Waals surface area contributed by atoms with Crippen LogP contribution in [0.2, 0.25) is 0 Å². The highest BCUT2D eigenvalue weighted by Gasteiger charge is 2.33. The standard InChI is InChI=1S/C20H21F3N6O/c1-4-8-28(18(30)15-9-13(2)10-16(11-15)20(21,22)23)14(3)17-26-12-27-29(17)19-24-6-5-7-25-19/h5-7,9-12,14H,4,8H2,1-3H3. The van der Waals surface area contributed by atoms with Crippen LogP contribution in [-0.2, 0) is 6.18 Å². The van der Waals surface area contributed by atoms with Crippen LogP contribution in [0.4, 0.5) is 13.2 Å². The topological polar surface area (TPSA) is 76.8 Å². The van der Waals surface area contributed by atoms with Gasteiger partial charge >= 0.3 is 6.18 Å². The molecule has 0 aliphatic carbocycles. The van der Waals surface area contributed by atoms with Gasteiger partial charge in [-0.3, -0.25) is 4.79 Å². The maximum Gasteiger partial charge on any atom is 0.416 e. The van der Waals surface area contributed by atoms with Crippen LogP contribution < -0.4 is 0 Å². The number of hydrogen-bond acceptors (Lipinski definition) is 5. The molecule has 1 aromatic carbocycles. The number of rotatable bonds is 6. The van der Waals surface area contributed by atoms with Crippen LogP contribution in [0, 0.1) is 6.92 Å². The molecule has 1 atom stereocenters. The third kappa shape index (κ3) is 4.47. The lowest BCUT2D eigenvalue weighted by Crippen LogP contribution is -2.36. The van der Waals surface area contributed by atoms with Gasteiger partial charge in [-0.15, -0.1) is 0 Å². The van der Waals surface area contributed by atoms with Crippen LogP contribution in [0.25, 0.3) is 5.95 Å². The molecule has 0 N–H and O–H groups in total. The molecule has 158 valence electrons. The zero-order valence-electron chi connectivity index (χ0n) is 16.8. The predicted molar refractivity (Wildman–Crippen MR) is 103 cm³/mol. The summed E-state index contributed by atoms with van der Waals surface area (Å²) in [7, 11) is 0. The molecule has 0 radical (unpaired) electrons. The van der Waals surface area contributed by atoms with Crippen molar-refractivity contribution in [2.45, 2.75) is 39.4 Å². The van der Waals surface area contributed by atoms with Crippen LogP contribution in [0.15, 0.2) is 43.0 Å². The van der Waals surface area contributed by atoms with Crippen molar-refractivity contribution in [3.05, 3.63) is 65.5 Å². The second-order valence-electron chi connectivity index (χ2n) is 6.84. The summed E-state index contributed by atoms with van der Waals surface area (Å²) in [5.74, 6) is 0.185. The Morgan fingerprint density at radius 2 is 1.87 bits per heavy atom. The Kier molecular flexibility index (Phi) is 6.14. The Hall–Kier alpha value is -3.30. The van der Waals surface area contributed by atoms with Crippen molar-refractivity contribution < 1.29 is 18.0 Å². The fourth-order valence-electron chi connectivity index (χ4n) is 3.18. The van der Waals surface area contributed by atoms with Crippen LogP contribution in [-0.4, -0.2) is 42.1 Å². The highest BCUT2D eigenvalue weighted by Crippen LogP contribution is 2.31. The quantitative estimate of drug-likeness (QED) is 0.605. The molecule has 0 spiro atoms. The molecular formula is C20H21F3N6O. The van der Waals surface area contributed by atoms with E-state index in [-0.39, 0.29) is 11.5 Å². The number of aryl methyl sites for hydroxylation is 1. The SMILES string of the molecule is CCCN(C(=O)c1cc(C)cc(C(F)(F)F)c1)C(C)c1ncnn1-c1ncccn1. The van der Waals surface area contributed by atoms with Crippen molar-refractivity contribution >= 4 is 5.91 Å². The molecule has 3 aromatic rings. The molecule has 1 unspecified atom stereocenters. The number of hydrogen-bond donors (Lipinski definition) is 0. The molecule has 0 aliphatic heterocycles. The molecule has 0 aliphatic rings. The van der Waals surface area contributed by atoms with Gasteiger partial charge in [0, 0.05) is 24.5 Å². The Morgan fingerprint density at radius 3 is 2.50 bits per heavy atom. The zero-order chi connectivity index (χ0) is 21.9. The van der Waals surface area contributed by atoms with Gasteiger partial charge in [0.05, 0.1) is 11.6 Å². The normalized spacial score (nSPS) is 12.6. The number of carbonyl (C=O) groups is 1. The minimum absolute atomic E-state index is 0.0235. The molecule has 0 fully saturated rings. The fourth-order valence-corrected chi connectivity index (χ4v) is 3.18. The van der Waals surface area contributed by atoms with Gasteiger partial charge in [-0.05, 0) is 50.1 Å². The summed E-state index contributed by atoms with van der Waals surface area (Å²) in [5, 5.41) is 4.14. The zero-order valence-corrected chi connectivity index (χ0v) is 16.8. The molecule has 10 heteroatoms. The van der Waals surface area contributed by atoms with Crippen LogP contribution in [0.1, 0.15) is 53.6 Å². The van der Waals surface area contributed by atoms with E-state index in [9.17, 15) is 18.0 Å². The van der Waals surface area contributed by atoms with Gasteiger partial charge in [0.25, 0.3) is 11.9 Å². The highest BCUT2D eigenvalue weighted by molar-refractivity contribution is 5.95. The summed E-state index contributed by atoms with van der Waals surface area (Å²) in [6, 6.07) is 4.45. The van der Waals surface area contributed by atoms with Crippen molar-refractivity contribution in [1.82, 2.24) is 29.6 Å². The van der Waals surface area contributed by atoms with Crippen molar-refractivity contribution in [2.75, 3.05) is 6.54 Å². The predicted octanol–water partition coefficient (Wildman–Crippen LogP) is 4.00. The van der Waals surface area contributed by atoms with E-state index in [1.807, 2.05) is 6.92 Å². The number of amides is 1. The smallest absolute Gasteiger partial charge is 0.329 e. The molecular weight excluding hydrogens is 397 g/mol. The van der Waals surface area contributed by atoms with E-state index in [0.29, 0.717) is 24.4 Å². The van der Waals surface area contributed by atoms with Gasteiger partial charge in [0.2, 0.25) is 0 Å². The Morgan fingerprint density at radius 1 is 1.17 bits per heavy atom. The van der Waals surface area contributed by atoms with E-state index >= 15 is 0 Å². The van der Waals surface area contributed by atoms with Crippen molar-refractivity contribution in [3.63, 3.8) is 0 Å². The molecule has 3 rings (SSSR count). The lowest BCUT2D eigenvalue weighted by Gasteiger charge is -2.29. The van der Waals surface area contributed by atoms with Gasteiger partial charge < -0.3 is 4.90 Å². The number of halogens is 3. The first-order valence-corrected chi connectivity index (χ1v) is 9.39. The Balaban J connectivity index is 1.98. The van der Waals surface area contributed by atoms with Crippen LogP contribution in [0.3, 0.4) is 0 Å². The fraction of sp³-hybridized carbons (Fsp3) is 0.350. The highest BCUT2D eigenvalue weighted by atomic mass is 19.4. The average molecular weight is 418 g/mol. The average Bonchev–Trinajstić information content (AvgIpc) is 3.20. The van der Waals surface area contributed by atoms with Gasteiger partial charge in [-0.25, -0.2) is 15.0 Å². The van der Waals surface area contributed by atoms with E-state index in [2.05, 4.69) is 20.1 Å². The third-order valence-corrected chi connectivity index (χ3v) is 4.53. The summed E-state index contributed by atoms with van der Waals surface area (Å²) < 4.78 is 41.1. The minimum atomic E-state index is -4.53. The Labute approximate surface area is 171 Å². The molecule has 0 saturated heterocycles. The van der Waals surface area contributed by atoms with Crippen LogP contribution >= 0.6 is 0 Å². The van der Waals surface area contributed by atoms with Gasteiger partial charge in [0.15, 0.2) is 5.82 Å². The molecule has 30 heavy (non-hydrogen) atoms. The van der Waals surface area contributed by atoms with E-state index < -0.39 is 23.7 Å².